The van der Waals surface area contributed by atoms with Gasteiger partial charge in [-0.05, 0) is 0 Å². The number of rotatable bonds is 4. The van der Waals surface area contributed by atoms with E-state index in [-0.39, 0.29) is 17.1 Å². The van der Waals surface area contributed by atoms with Crippen LogP contribution in [0.3, 0.4) is 0 Å². The second-order valence-electron chi connectivity index (χ2n) is 3.79. The van der Waals surface area contributed by atoms with Gasteiger partial charge >= 0.3 is 0 Å². The highest BCUT2D eigenvalue weighted by atomic mass is 32.2. The molecule has 2 aromatic rings. The van der Waals surface area contributed by atoms with Gasteiger partial charge in [0.15, 0.2) is 22.5 Å². The lowest BCUT2D eigenvalue weighted by molar-refractivity contribution is 0.448. The summed E-state index contributed by atoms with van der Waals surface area (Å²) in [6.45, 7) is -0.0983. The third-order valence-electron chi connectivity index (χ3n) is 2.40. The number of aromatic nitrogens is 2. The predicted molar refractivity (Wildman–Crippen MR) is 63.6 cm³/mol. The van der Waals surface area contributed by atoms with Crippen LogP contribution in [0, 0.1) is 17.5 Å². The van der Waals surface area contributed by atoms with E-state index in [0.717, 1.165) is 0 Å². The van der Waals surface area contributed by atoms with Gasteiger partial charge in [-0.1, -0.05) is 0 Å². The van der Waals surface area contributed by atoms with Crippen LogP contribution in [-0.2, 0) is 16.6 Å². The van der Waals surface area contributed by atoms with Crippen LogP contribution in [0.15, 0.2) is 23.4 Å². The maximum absolute atomic E-state index is 13.0. The first-order valence-electron chi connectivity index (χ1n) is 5.25. The molecule has 1 aromatic carbocycles. The van der Waals surface area contributed by atoms with Crippen LogP contribution in [0.5, 0.6) is 0 Å². The average Bonchev–Trinajstić information content (AvgIpc) is 2.84. The first-order chi connectivity index (χ1) is 9.35. The van der Waals surface area contributed by atoms with Crippen LogP contribution < -0.4 is 10.5 Å². The molecule has 1 heterocycles. The predicted octanol–water partition coefficient (Wildman–Crippen LogP) is 1.09. The zero-order chi connectivity index (χ0) is 14.9. The lowest BCUT2D eigenvalue weighted by atomic mass is 10.3. The van der Waals surface area contributed by atoms with Crippen molar-refractivity contribution in [3.05, 3.63) is 41.3 Å². The largest absolute Gasteiger partial charge is 0.326 e. The zero-order valence-corrected chi connectivity index (χ0v) is 10.6. The Morgan fingerprint density at radius 3 is 2.40 bits per heavy atom. The fraction of sp³-hybridized carbons (Fsp3) is 0.100. The number of nitrogens with one attached hydrogen (secondary N) is 2. The van der Waals surface area contributed by atoms with Crippen molar-refractivity contribution in [3.8, 4) is 0 Å². The van der Waals surface area contributed by atoms with Crippen molar-refractivity contribution in [2.24, 2.45) is 5.73 Å². The molecule has 10 heteroatoms. The standard InChI is InChI=1S/C10H9F3N4O2S/c11-7-1-6(2-8(12)9(7)13)17-20(18,19)10-5(3-14)4-15-16-10/h1-2,4,17H,3,14H2,(H,15,16). The SMILES string of the molecule is NCc1cn[nH]c1S(=O)(=O)Nc1cc(F)c(F)c(F)c1. The van der Waals surface area contributed by atoms with Crippen molar-refractivity contribution in [3.63, 3.8) is 0 Å². The number of hydrogen-bond acceptors (Lipinski definition) is 4. The van der Waals surface area contributed by atoms with Crippen LogP contribution in [0.1, 0.15) is 5.56 Å². The van der Waals surface area contributed by atoms with Crippen molar-refractivity contribution in [2.75, 3.05) is 4.72 Å². The first-order valence-corrected chi connectivity index (χ1v) is 6.73. The number of benzene rings is 1. The summed E-state index contributed by atoms with van der Waals surface area (Å²) in [6, 6.07) is 1.04. The van der Waals surface area contributed by atoms with Crippen LogP contribution >= 0.6 is 0 Å². The van der Waals surface area contributed by atoms with Gasteiger partial charge < -0.3 is 5.73 Å². The molecule has 0 aliphatic carbocycles. The monoisotopic (exact) mass is 306 g/mol. The number of aromatic amines is 1. The van der Waals surface area contributed by atoms with E-state index in [9.17, 15) is 21.6 Å². The van der Waals surface area contributed by atoms with Gasteiger partial charge in [-0.2, -0.15) is 13.5 Å². The first kappa shape index (κ1) is 14.3. The topological polar surface area (TPSA) is 101 Å². The number of H-pyrrole nitrogens is 1. The number of nitrogens with zero attached hydrogens (tertiary/aromatic N) is 1. The van der Waals surface area contributed by atoms with E-state index in [0.29, 0.717) is 12.1 Å². The summed E-state index contributed by atoms with van der Waals surface area (Å²) < 4.78 is 64.7. The number of nitrogens with two attached hydrogens (primary N) is 1. The molecule has 6 nitrogen and oxygen atoms in total. The molecule has 0 aliphatic rings. The molecule has 4 N–H and O–H groups in total. The Hall–Kier alpha value is -2.07. The van der Waals surface area contributed by atoms with Crippen molar-refractivity contribution < 1.29 is 21.6 Å². The van der Waals surface area contributed by atoms with E-state index >= 15 is 0 Å². The molecule has 0 unspecified atom stereocenters. The van der Waals surface area contributed by atoms with Crippen molar-refractivity contribution >= 4 is 15.7 Å². The molecule has 0 aliphatic heterocycles. The molecule has 0 fully saturated rings. The third kappa shape index (κ3) is 2.60. The molecule has 2 rings (SSSR count). The summed E-state index contributed by atoms with van der Waals surface area (Å²) >= 11 is 0. The van der Waals surface area contributed by atoms with Crippen LogP contribution in [0.2, 0.25) is 0 Å². The fourth-order valence-electron chi connectivity index (χ4n) is 1.50. The number of anilines is 1. The lowest BCUT2D eigenvalue weighted by Crippen LogP contribution is -2.16. The summed E-state index contributed by atoms with van der Waals surface area (Å²) in [5, 5.41) is 5.40. The van der Waals surface area contributed by atoms with Crippen LogP contribution in [0.4, 0.5) is 18.9 Å². The molecule has 0 saturated carbocycles. The molecule has 20 heavy (non-hydrogen) atoms. The van der Waals surface area contributed by atoms with Gasteiger partial charge in [-0.15, -0.1) is 0 Å². The Morgan fingerprint density at radius 2 is 1.85 bits per heavy atom. The van der Waals surface area contributed by atoms with E-state index < -0.39 is 33.2 Å². The molecule has 0 amide bonds. The Labute approximate surface area is 111 Å². The third-order valence-corrected chi connectivity index (χ3v) is 3.80. The fourth-order valence-corrected chi connectivity index (χ4v) is 2.68. The summed E-state index contributed by atoms with van der Waals surface area (Å²) in [6.07, 6.45) is 1.21. The molecular formula is C10H9F3N4O2S. The number of sulfonamides is 1. The van der Waals surface area contributed by atoms with E-state index in [1.54, 1.807) is 0 Å². The van der Waals surface area contributed by atoms with Crippen molar-refractivity contribution in [2.45, 2.75) is 11.6 Å². The van der Waals surface area contributed by atoms with Gasteiger partial charge in [0.1, 0.15) is 0 Å². The Morgan fingerprint density at radius 1 is 1.25 bits per heavy atom. The minimum absolute atomic E-state index is 0.0983. The maximum atomic E-state index is 13.0. The molecule has 0 atom stereocenters. The molecule has 0 bridgehead atoms. The second-order valence-corrected chi connectivity index (χ2v) is 5.41. The number of halogens is 3. The van der Waals surface area contributed by atoms with Crippen LogP contribution in [-0.4, -0.2) is 18.6 Å². The van der Waals surface area contributed by atoms with E-state index in [2.05, 4.69) is 10.2 Å². The van der Waals surface area contributed by atoms with Crippen molar-refractivity contribution in [1.82, 2.24) is 10.2 Å². The smallest absolute Gasteiger partial charge is 0.279 e. The Balaban J connectivity index is 2.39. The zero-order valence-electron chi connectivity index (χ0n) is 9.82. The highest BCUT2D eigenvalue weighted by Crippen LogP contribution is 2.21. The van der Waals surface area contributed by atoms with Gasteiger partial charge in [-0.25, -0.2) is 13.2 Å². The summed E-state index contributed by atoms with van der Waals surface area (Å²) in [5.74, 6) is -4.70. The van der Waals surface area contributed by atoms with Crippen molar-refractivity contribution in [1.29, 1.82) is 0 Å². The van der Waals surface area contributed by atoms with E-state index in [1.807, 2.05) is 4.72 Å². The normalized spacial score (nSPS) is 11.6. The highest BCUT2D eigenvalue weighted by Gasteiger charge is 2.21. The number of hydrogen-bond donors (Lipinski definition) is 3. The molecule has 0 spiro atoms. The summed E-state index contributed by atoms with van der Waals surface area (Å²) in [4.78, 5) is 0. The van der Waals surface area contributed by atoms with Gasteiger partial charge in [-0.3, -0.25) is 9.82 Å². The van der Waals surface area contributed by atoms with E-state index in [4.69, 9.17) is 5.73 Å². The van der Waals surface area contributed by atoms with Gasteiger partial charge in [0.2, 0.25) is 0 Å². The minimum atomic E-state index is -4.16. The second kappa shape index (κ2) is 5.13. The molecule has 108 valence electrons. The van der Waals surface area contributed by atoms with E-state index in [1.165, 1.54) is 6.20 Å². The molecular weight excluding hydrogens is 297 g/mol. The van der Waals surface area contributed by atoms with Gasteiger partial charge in [0, 0.05) is 24.2 Å². The average molecular weight is 306 g/mol. The van der Waals surface area contributed by atoms with Gasteiger partial charge in [0.25, 0.3) is 10.0 Å². The maximum Gasteiger partial charge on any atom is 0.279 e. The molecule has 0 radical (unpaired) electrons. The van der Waals surface area contributed by atoms with Crippen LogP contribution in [0.25, 0.3) is 0 Å². The quantitative estimate of drug-likeness (QED) is 0.736. The highest BCUT2D eigenvalue weighted by molar-refractivity contribution is 7.92. The molecule has 0 saturated heterocycles. The van der Waals surface area contributed by atoms with Gasteiger partial charge in [0.05, 0.1) is 11.9 Å². The Bertz CT molecular complexity index is 722. The Kier molecular flexibility index (Phi) is 3.68. The summed E-state index contributed by atoms with van der Waals surface area (Å²) in [7, 11) is -4.16. The molecule has 1 aromatic heterocycles. The summed E-state index contributed by atoms with van der Waals surface area (Å²) in [5.41, 5.74) is 5.07. The minimum Gasteiger partial charge on any atom is -0.326 e. The lowest BCUT2D eigenvalue weighted by Gasteiger charge is -2.08.